The van der Waals surface area contributed by atoms with E-state index < -0.39 is 5.60 Å². The summed E-state index contributed by atoms with van der Waals surface area (Å²) in [6, 6.07) is 10.8. The van der Waals surface area contributed by atoms with Gasteiger partial charge in [-0.15, -0.1) is 0 Å². The number of β-amino-alcohol motifs (C(OH)–C–C–N with tert-alkyl or cyclic N) is 1. The fourth-order valence-electron chi connectivity index (χ4n) is 3.70. The first-order chi connectivity index (χ1) is 11.2. The molecule has 0 spiro atoms. The number of imidazole rings is 1. The summed E-state index contributed by atoms with van der Waals surface area (Å²) in [7, 11) is 0. The maximum atomic E-state index is 10.9. The van der Waals surface area contributed by atoms with Crippen LogP contribution in [-0.2, 0) is 17.8 Å². The van der Waals surface area contributed by atoms with E-state index in [0.717, 1.165) is 18.9 Å². The number of hydrogen-bond donors (Lipinski definition) is 1. The molecule has 122 valence electrons. The van der Waals surface area contributed by atoms with Crippen molar-refractivity contribution < 1.29 is 9.84 Å². The minimum Gasteiger partial charge on any atom is -0.388 e. The fraction of sp³-hybridized carbons (Fsp3) is 0.500. The van der Waals surface area contributed by atoms with Crippen molar-refractivity contribution in [1.29, 1.82) is 0 Å². The Morgan fingerprint density at radius 3 is 2.78 bits per heavy atom. The number of rotatable bonds is 3. The second-order valence-corrected chi connectivity index (χ2v) is 6.66. The molecule has 5 heteroatoms. The molecule has 2 aliphatic heterocycles. The van der Waals surface area contributed by atoms with Crippen LogP contribution in [-0.4, -0.2) is 44.9 Å². The van der Waals surface area contributed by atoms with Crippen molar-refractivity contribution in [1.82, 2.24) is 14.5 Å². The van der Waals surface area contributed by atoms with Gasteiger partial charge in [-0.25, -0.2) is 4.98 Å². The summed E-state index contributed by atoms with van der Waals surface area (Å²) < 4.78 is 7.64. The van der Waals surface area contributed by atoms with Crippen molar-refractivity contribution in [2.75, 3.05) is 19.8 Å². The third-order valence-corrected chi connectivity index (χ3v) is 5.06. The first-order valence-corrected chi connectivity index (χ1v) is 8.33. The van der Waals surface area contributed by atoms with Crippen molar-refractivity contribution >= 4 is 0 Å². The molecule has 3 heterocycles. The predicted molar refractivity (Wildman–Crippen MR) is 86.8 cm³/mol. The summed E-state index contributed by atoms with van der Waals surface area (Å²) >= 11 is 0. The quantitative estimate of drug-likeness (QED) is 0.941. The van der Waals surface area contributed by atoms with E-state index in [0.29, 0.717) is 32.6 Å². The molecular formula is C18H23N3O2. The highest BCUT2D eigenvalue weighted by Gasteiger charge is 2.36. The fourth-order valence-corrected chi connectivity index (χ4v) is 3.70. The van der Waals surface area contributed by atoms with Crippen LogP contribution in [0.1, 0.15) is 30.3 Å². The van der Waals surface area contributed by atoms with E-state index in [1.807, 2.05) is 18.5 Å². The smallest absolute Gasteiger partial charge is 0.122 e. The number of ether oxygens (including phenoxy) is 1. The van der Waals surface area contributed by atoms with Gasteiger partial charge < -0.3 is 14.4 Å². The molecule has 1 N–H and O–H groups in total. The lowest BCUT2D eigenvalue weighted by atomic mass is 9.92. The van der Waals surface area contributed by atoms with Gasteiger partial charge in [-0.3, -0.25) is 4.90 Å². The van der Waals surface area contributed by atoms with Gasteiger partial charge in [-0.05, 0) is 5.56 Å². The monoisotopic (exact) mass is 313 g/mol. The van der Waals surface area contributed by atoms with Gasteiger partial charge in [0.05, 0.1) is 18.2 Å². The molecule has 1 fully saturated rings. The van der Waals surface area contributed by atoms with Crippen molar-refractivity contribution in [2.24, 2.45) is 0 Å². The van der Waals surface area contributed by atoms with Crippen molar-refractivity contribution in [3.63, 3.8) is 0 Å². The Kier molecular flexibility index (Phi) is 3.93. The topological polar surface area (TPSA) is 50.5 Å². The standard InChI is InChI=1S/C18H23N3O2/c22-18(6-10-23-11-7-18)14-21-13-17-19-8-9-20(17)12-16(21)15-4-2-1-3-5-15/h1-5,8-9,16,22H,6-7,10-14H2/t16-/m1/s1. The molecule has 1 saturated heterocycles. The highest BCUT2D eigenvalue weighted by atomic mass is 16.5. The first kappa shape index (κ1) is 14.9. The Morgan fingerprint density at radius 2 is 2.00 bits per heavy atom. The molecule has 23 heavy (non-hydrogen) atoms. The van der Waals surface area contributed by atoms with Crippen molar-refractivity contribution in [3.05, 3.63) is 54.1 Å². The highest BCUT2D eigenvalue weighted by molar-refractivity contribution is 5.20. The minimum atomic E-state index is -0.653. The SMILES string of the molecule is OC1(CN2Cc3nccn3C[C@@H]2c2ccccc2)CCOCC1. The van der Waals surface area contributed by atoms with Crippen molar-refractivity contribution in [2.45, 2.75) is 37.6 Å². The molecule has 2 aliphatic rings. The van der Waals surface area contributed by atoms with Gasteiger partial charge in [0.25, 0.3) is 0 Å². The van der Waals surface area contributed by atoms with Crippen LogP contribution in [0.4, 0.5) is 0 Å². The number of hydrogen-bond acceptors (Lipinski definition) is 4. The van der Waals surface area contributed by atoms with E-state index in [-0.39, 0.29) is 6.04 Å². The van der Waals surface area contributed by atoms with E-state index in [1.54, 1.807) is 0 Å². The zero-order valence-corrected chi connectivity index (χ0v) is 13.3. The van der Waals surface area contributed by atoms with Gasteiger partial charge in [0.2, 0.25) is 0 Å². The summed E-state index contributed by atoms with van der Waals surface area (Å²) in [5, 5.41) is 10.9. The molecule has 0 bridgehead atoms. The first-order valence-electron chi connectivity index (χ1n) is 8.33. The van der Waals surface area contributed by atoms with Crippen LogP contribution in [0.25, 0.3) is 0 Å². The van der Waals surface area contributed by atoms with Crippen LogP contribution >= 0.6 is 0 Å². The summed E-state index contributed by atoms with van der Waals surface area (Å²) in [5.41, 5.74) is 0.641. The molecule has 0 saturated carbocycles. The largest absolute Gasteiger partial charge is 0.388 e. The van der Waals surface area contributed by atoms with Crippen LogP contribution in [0.15, 0.2) is 42.7 Å². The van der Waals surface area contributed by atoms with Crippen LogP contribution in [0.2, 0.25) is 0 Å². The van der Waals surface area contributed by atoms with Gasteiger partial charge in [-0.2, -0.15) is 0 Å². The second-order valence-electron chi connectivity index (χ2n) is 6.66. The van der Waals surface area contributed by atoms with Crippen LogP contribution < -0.4 is 0 Å². The molecule has 0 aliphatic carbocycles. The Bertz CT molecular complexity index is 649. The average molecular weight is 313 g/mol. The Hall–Kier alpha value is -1.69. The molecule has 1 atom stereocenters. The molecule has 2 aromatic rings. The molecule has 5 nitrogen and oxygen atoms in total. The molecule has 0 amide bonds. The maximum Gasteiger partial charge on any atom is 0.122 e. The summed E-state index contributed by atoms with van der Waals surface area (Å²) in [5.74, 6) is 1.08. The van der Waals surface area contributed by atoms with Crippen LogP contribution in [0.5, 0.6) is 0 Å². The maximum absolute atomic E-state index is 10.9. The molecule has 4 rings (SSSR count). The lowest BCUT2D eigenvalue weighted by Crippen LogP contribution is -2.49. The van der Waals surface area contributed by atoms with E-state index in [2.05, 4.69) is 38.7 Å². The Morgan fingerprint density at radius 1 is 1.22 bits per heavy atom. The number of fused-ring (bicyclic) bond motifs is 1. The number of nitrogens with zero attached hydrogens (tertiary/aromatic N) is 3. The third kappa shape index (κ3) is 3.04. The molecule has 1 aromatic carbocycles. The molecule has 1 aromatic heterocycles. The van der Waals surface area contributed by atoms with Gasteiger partial charge in [0, 0.05) is 51.5 Å². The summed E-state index contributed by atoms with van der Waals surface area (Å²) in [4.78, 5) is 6.84. The van der Waals surface area contributed by atoms with Crippen LogP contribution in [0.3, 0.4) is 0 Å². The number of aliphatic hydroxyl groups is 1. The molecular weight excluding hydrogens is 290 g/mol. The van der Waals surface area contributed by atoms with E-state index in [1.165, 1.54) is 5.56 Å². The Balaban J connectivity index is 1.61. The minimum absolute atomic E-state index is 0.268. The molecule has 0 radical (unpaired) electrons. The third-order valence-electron chi connectivity index (χ3n) is 5.06. The zero-order valence-electron chi connectivity index (χ0n) is 13.3. The summed E-state index contributed by atoms with van der Waals surface area (Å²) in [6.07, 6.45) is 5.33. The lowest BCUT2D eigenvalue weighted by Gasteiger charge is -2.42. The van der Waals surface area contributed by atoms with E-state index in [4.69, 9.17) is 4.74 Å². The van der Waals surface area contributed by atoms with Gasteiger partial charge in [0.1, 0.15) is 5.82 Å². The molecule has 0 unspecified atom stereocenters. The Labute approximate surface area is 136 Å². The van der Waals surface area contributed by atoms with Gasteiger partial charge in [0.15, 0.2) is 0 Å². The van der Waals surface area contributed by atoms with Gasteiger partial charge >= 0.3 is 0 Å². The van der Waals surface area contributed by atoms with E-state index >= 15 is 0 Å². The number of aromatic nitrogens is 2. The average Bonchev–Trinajstić information content (AvgIpc) is 3.02. The van der Waals surface area contributed by atoms with Gasteiger partial charge in [-0.1, -0.05) is 30.3 Å². The second kappa shape index (κ2) is 6.07. The predicted octanol–water partition coefficient (Wildman–Crippen LogP) is 1.98. The van der Waals surface area contributed by atoms with Crippen LogP contribution in [0, 0.1) is 0 Å². The van der Waals surface area contributed by atoms with Crippen molar-refractivity contribution in [3.8, 4) is 0 Å². The highest BCUT2D eigenvalue weighted by Crippen LogP contribution is 2.32. The zero-order chi connectivity index (χ0) is 15.7. The summed E-state index contributed by atoms with van der Waals surface area (Å²) in [6.45, 7) is 3.62. The lowest BCUT2D eigenvalue weighted by molar-refractivity contribution is -0.0904. The normalized spacial score (nSPS) is 24.3. The van der Waals surface area contributed by atoms with E-state index in [9.17, 15) is 5.11 Å². The number of benzene rings is 1.